The summed E-state index contributed by atoms with van der Waals surface area (Å²) in [5.74, 6) is 0.329. The lowest BCUT2D eigenvalue weighted by molar-refractivity contribution is 0.101. The van der Waals surface area contributed by atoms with E-state index < -0.39 is 0 Å². The van der Waals surface area contributed by atoms with Gasteiger partial charge in [-0.15, -0.1) is 0 Å². The van der Waals surface area contributed by atoms with Crippen molar-refractivity contribution in [3.63, 3.8) is 0 Å². The first-order valence-electron chi connectivity index (χ1n) is 6.70. The summed E-state index contributed by atoms with van der Waals surface area (Å²) in [6.07, 6.45) is 0. The van der Waals surface area contributed by atoms with E-state index in [0.717, 1.165) is 0 Å². The average Bonchev–Trinajstić information content (AvgIpc) is 2.54. The molecule has 5 nitrogen and oxygen atoms in total. The second kappa shape index (κ2) is 6.76. The number of amides is 1. The zero-order valence-electron chi connectivity index (χ0n) is 12.7. The quantitative estimate of drug-likeness (QED) is 0.861. The molecule has 2 rings (SSSR count). The molecule has 0 aliphatic rings. The van der Waals surface area contributed by atoms with Crippen molar-refractivity contribution >= 4 is 17.4 Å². The molecule has 22 heavy (non-hydrogen) atoms. The third-order valence-corrected chi connectivity index (χ3v) is 3.20. The first kappa shape index (κ1) is 15.6. The summed E-state index contributed by atoms with van der Waals surface area (Å²) >= 11 is 0. The molecule has 0 bridgehead atoms. The molecule has 1 amide bonds. The van der Waals surface area contributed by atoms with E-state index in [1.807, 2.05) is 0 Å². The molecule has 114 valence electrons. The minimum atomic E-state index is -0.371. The van der Waals surface area contributed by atoms with Crippen LogP contribution in [-0.2, 0) is 0 Å². The van der Waals surface area contributed by atoms with Gasteiger partial charge in [0.05, 0.1) is 25.5 Å². The number of Topliss-reactive ketones (excluding diaryl/α,β-unsaturated/α-hetero) is 1. The van der Waals surface area contributed by atoms with E-state index in [9.17, 15) is 9.59 Å². The maximum absolute atomic E-state index is 12.5. The summed E-state index contributed by atoms with van der Waals surface area (Å²) in [7, 11) is 2.97. The molecule has 0 unspecified atom stereocenters. The molecule has 0 spiro atoms. The number of rotatable bonds is 5. The first-order valence-corrected chi connectivity index (χ1v) is 6.70. The number of carbonyl (C=O) groups is 2. The standard InChI is InChI=1S/C17H17NO4/c1-11(19)12-7-4-5-9-14(12)18-17(20)13-8-6-10-15(21-2)16(13)22-3/h4-10H,1-3H3,(H,18,20). The number of methoxy groups -OCH3 is 2. The lowest BCUT2D eigenvalue weighted by Gasteiger charge is -2.13. The van der Waals surface area contributed by atoms with Crippen LogP contribution in [-0.4, -0.2) is 25.9 Å². The molecule has 0 aliphatic carbocycles. The SMILES string of the molecule is COc1cccc(C(=O)Nc2ccccc2C(C)=O)c1OC. The Kier molecular flexibility index (Phi) is 4.78. The topological polar surface area (TPSA) is 64.6 Å². The number of benzene rings is 2. The smallest absolute Gasteiger partial charge is 0.259 e. The molecule has 0 saturated carbocycles. The lowest BCUT2D eigenvalue weighted by Crippen LogP contribution is -2.15. The largest absolute Gasteiger partial charge is 0.493 e. The van der Waals surface area contributed by atoms with Crippen molar-refractivity contribution < 1.29 is 19.1 Å². The summed E-state index contributed by atoms with van der Waals surface area (Å²) in [5.41, 5.74) is 1.25. The third kappa shape index (κ3) is 3.09. The van der Waals surface area contributed by atoms with Crippen LogP contribution >= 0.6 is 0 Å². The lowest BCUT2D eigenvalue weighted by atomic mass is 10.1. The second-order valence-electron chi connectivity index (χ2n) is 4.60. The molecule has 0 aliphatic heterocycles. The van der Waals surface area contributed by atoms with E-state index in [1.165, 1.54) is 21.1 Å². The van der Waals surface area contributed by atoms with E-state index in [0.29, 0.717) is 28.3 Å². The number of ketones is 1. The average molecular weight is 299 g/mol. The van der Waals surface area contributed by atoms with Crippen LogP contribution in [0.4, 0.5) is 5.69 Å². The Hall–Kier alpha value is -2.82. The van der Waals surface area contributed by atoms with E-state index in [2.05, 4.69) is 5.32 Å². The van der Waals surface area contributed by atoms with Gasteiger partial charge in [-0.1, -0.05) is 18.2 Å². The number of para-hydroxylation sites is 2. The van der Waals surface area contributed by atoms with Gasteiger partial charge in [0.25, 0.3) is 5.91 Å². The summed E-state index contributed by atoms with van der Waals surface area (Å²) in [4.78, 5) is 24.1. The van der Waals surface area contributed by atoms with Crippen LogP contribution in [0.5, 0.6) is 11.5 Å². The third-order valence-electron chi connectivity index (χ3n) is 3.20. The van der Waals surface area contributed by atoms with Gasteiger partial charge in [-0.3, -0.25) is 9.59 Å². The van der Waals surface area contributed by atoms with Crippen molar-refractivity contribution in [3.05, 3.63) is 53.6 Å². The fourth-order valence-corrected chi connectivity index (χ4v) is 2.15. The molecule has 1 N–H and O–H groups in total. The number of ether oxygens (including phenoxy) is 2. The number of carbonyl (C=O) groups excluding carboxylic acids is 2. The second-order valence-corrected chi connectivity index (χ2v) is 4.60. The monoisotopic (exact) mass is 299 g/mol. The van der Waals surface area contributed by atoms with Crippen LogP contribution < -0.4 is 14.8 Å². The molecule has 0 saturated heterocycles. The van der Waals surface area contributed by atoms with Gasteiger partial charge < -0.3 is 14.8 Å². The fourth-order valence-electron chi connectivity index (χ4n) is 2.15. The summed E-state index contributed by atoms with van der Waals surface area (Å²) in [5, 5.41) is 2.74. The molecule has 0 aromatic heterocycles. The molecular weight excluding hydrogens is 282 g/mol. The Morgan fingerprint density at radius 1 is 0.909 bits per heavy atom. The molecule has 0 atom stereocenters. The van der Waals surface area contributed by atoms with Crippen LogP contribution in [0, 0.1) is 0 Å². The molecular formula is C17H17NO4. The van der Waals surface area contributed by atoms with Gasteiger partial charge >= 0.3 is 0 Å². The van der Waals surface area contributed by atoms with Gasteiger partial charge in [0.1, 0.15) is 0 Å². The fraction of sp³-hybridized carbons (Fsp3) is 0.176. The first-order chi connectivity index (χ1) is 10.6. The molecule has 5 heteroatoms. The van der Waals surface area contributed by atoms with Crippen LogP contribution in [0.3, 0.4) is 0 Å². The van der Waals surface area contributed by atoms with E-state index >= 15 is 0 Å². The van der Waals surface area contributed by atoms with Crippen LogP contribution in [0.25, 0.3) is 0 Å². The molecule has 2 aromatic carbocycles. The van der Waals surface area contributed by atoms with Crippen LogP contribution in [0.1, 0.15) is 27.6 Å². The van der Waals surface area contributed by atoms with Crippen LogP contribution in [0.2, 0.25) is 0 Å². The van der Waals surface area contributed by atoms with Crippen molar-refractivity contribution in [2.45, 2.75) is 6.92 Å². The normalized spacial score (nSPS) is 9.95. The molecule has 0 fully saturated rings. The summed E-state index contributed by atoms with van der Waals surface area (Å²) < 4.78 is 10.4. The van der Waals surface area contributed by atoms with Gasteiger partial charge in [-0.2, -0.15) is 0 Å². The van der Waals surface area contributed by atoms with Gasteiger partial charge in [-0.05, 0) is 31.2 Å². The highest BCUT2D eigenvalue weighted by molar-refractivity contribution is 6.10. The van der Waals surface area contributed by atoms with E-state index in [-0.39, 0.29) is 11.7 Å². The van der Waals surface area contributed by atoms with E-state index in [1.54, 1.807) is 42.5 Å². The van der Waals surface area contributed by atoms with Crippen molar-refractivity contribution in [3.8, 4) is 11.5 Å². The summed E-state index contributed by atoms with van der Waals surface area (Å²) in [6, 6.07) is 11.9. The highest BCUT2D eigenvalue weighted by atomic mass is 16.5. The van der Waals surface area contributed by atoms with E-state index in [4.69, 9.17) is 9.47 Å². The zero-order valence-corrected chi connectivity index (χ0v) is 12.7. The zero-order chi connectivity index (χ0) is 16.1. The maximum atomic E-state index is 12.5. The number of hydrogen-bond donors (Lipinski definition) is 1. The van der Waals surface area contributed by atoms with Crippen LogP contribution in [0.15, 0.2) is 42.5 Å². The predicted octanol–water partition coefficient (Wildman–Crippen LogP) is 3.16. The Morgan fingerprint density at radius 2 is 1.59 bits per heavy atom. The minimum absolute atomic E-state index is 0.117. The maximum Gasteiger partial charge on any atom is 0.259 e. The van der Waals surface area contributed by atoms with Gasteiger partial charge in [0, 0.05) is 5.56 Å². The molecule has 0 radical (unpaired) electrons. The van der Waals surface area contributed by atoms with Gasteiger partial charge in [0.2, 0.25) is 0 Å². The van der Waals surface area contributed by atoms with Gasteiger partial charge in [-0.25, -0.2) is 0 Å². The van der Waals surface area contributed by atoms with Crippen molar-refractivity contribution in [1.82, 2.24) is 0 Å². The Bertz CT molecular complexity index is 710. The molecule has 0 heterocycles. The number of anilines is 1. The number of hydrogen-bond acceptors (Lipinski definition) is 4. The highest BCUT2D eigenvalue weighted by Gasteiger charge is 2.18. The Morgan fingerprint density at radius 3 is 2.23 bits per heavy atom. The highest BCUT2D eigenvalue weighted by Crippen LogP contribution is 2.31. The van der Waals surface area contributed by atoms with Gasteiger partial charge in [0.15, 0.2) is 17.3 Å². The number of nitrogens with one attached hydrogen (secondary N) is 1. The van der Waals surface area contributed by atoms with Crippen molar-refractivity contribution in [2.75, 3.05) is 19.5 Å². The van der Waals surface area contributed by atoms with Crippen molar-refractivity contribution in [2.24, 2.45) is 0 Å². The van der Waals surface area contributed by atoms with Crippen molar-refractivity contribution in [1.29, 1.82) is 0 Å². The Labute approximate surface area is 128 Å². The minimum Gasteiger partial charge on any atom is -0.493 e. The predicted molar refractivity (Wildman–Crippen MR) is 83.9 cm³/mol. The Balaban J connectivity index is 2.37. The molecule has 2 aromatic rings. The summed E-state index contributed by atoms with van der Waals surface area (Å²) in [6.45, 7) is 1.46.